The summed E-state index contributed by atoms with van der Waals surface area (Å²) in [6.45, 7) is 9.52. The van der Waals surface area contributed by atoms with Gasteiger partial charge in [-0.3, -0.25) is 25.3 Å². The molecule has 2 saturated heterocycles. The van der Waals surface area contributed by atoms with E-state index < -0.39 is 34.6 Å². The van der Waals surface area contributed by atoms with E-state index in [9.17, 15) is 19.5 Å². The van der Waals surface area contributed by atoms with Crippen LogP contribution < -0.4 is 16.2 Å². The molecule has 3 amide bonds. The van der Waals surface area contributed by atoms with Crippen LogP contribution in [0.15, 0.2) is 12.3 Å². The van der Waals surface area contributed by atoms with Crippen molar-refractivity contribution in [3.63, 3.8) is 0 Å². The van der Waals surface area contributed by atoms with Crippen LogP contribution in [0.2, 0.25) is 5.15 Å². The number of nitrogens with zero attached hydrogens (tertiary/aromatic N) is 2. The number of carbonyl (C=O) groups is 3. The van der Waals surface area contributed by atoms with Gasteiger partial charge in [-0.15, -0.1) is 0 Å². The van der Waals surface area contributed by atoms with Gasteiger partial charge in [0.05, 0.1) is 23.4 Å². The van der Waals surface area contributed by atoms with E-state index in [1.54, 1.807) is 6.07 Å². The molecular formula is C22H32ClN5O5. The van der Waals surface area contributed by atoms with E-state index in [1.165, 1.54) is 11.1 Å². The van der Waals surface area contributed by atoms with Gasteiger partial charge in [0.15, 0.2) is 0 Å². The van der Waals surface area contributed by atoms with E-state index >= 15 is 0 Å². The number of hydrogen-bond acceptors (Lipinski definition) is 6. The molecular weight excluding hydrogens is 450 g/mol. The van der Waals surface area contributed by atoms with Crippen molar-refractivity contribution in [3.05, 3.63) is 23.0 Å². The number of ether oxygens (including phenoxy) is 1. The van der Waals surface area contributed by atoms with Gasteiger partial charge in [0.1, 0.15) is 10.8 Å². The summed E-state index contributed by atoms with van der Waals surface area (Å²) in [5.41, 5.74) is 3.28. The zero-order valence-electron chi connectivity index (χ0n) is 19.6. The highest BCUT2D eigenvalue weighted by Gasteiger charge is 2.58. The van der Waals surface area contributed by atoms with Gasteiger partial charge >= 0.3 is 6.09 Å². The second-order valence-electron chi connectivity index (χ2n) is 10.1. The van der Waals surface area contributed by atoms with Gasteiger partial charge in [-0.1, -0.05) is 11.6 Å². The normalized spacial score (nSPS) is 24.3. The van der Waals surface area contributed by atoms with E-state index in [0.717, 1.165) is 0 Å². The molecule has 1 aromatic heterocycles. The molecule has 1 aromatic rings. The largest absolute Gasteiger partial charge is 0.465 e. The number of halogens is 1. The Bertz CT molecular complexity index is 921. The van der Waals surface area contributed by atoms with Gasteiger partial charge in [0.2, 0.25) is 0 Å². The van der Waals surface area contributed by atoms with Crippen LogP contribution in [-0.4, -0.2) is 62.2 Å². The first kappa shape index (κ1) is 25.0. The van der Waals surface area contributed by atoms with Crippen molar-refractivity contribution in [3.8, 4) is 0 Å². The third-order valence-electron chi connectivity index (χ3n) is 6.20. The van der Waals surface area contributed by atoms with Crippen molar-refractivity contribution in [1.82, 2.24) is 20.7 Å². The number of fused-ring (bicyclic) bond motifs is 3. The Morgan fingerprint density at radius 2 is 1.82 bits per heavy atom. The Hall–Kier alpha value is -2.59. The summed E-state index contributed by atoms with van der Waals surface area (Å²) in [6, 6.07) is 1.60. The first-order valence-electron chi connectivity index (χ1n) is 11.0. The maximum Gasteiger partial charge on any atom is 0.408 e. The van der Waals surface area contributed by atoms with Crippen molar-refractivity contribution in [2.45, 2.75) is 83.0 Å². The predicted octanol–water partition coefficient (Wildman–Crippen LogP) is 3.18. The van der Waals surface area contributed by atoms with Crippen LogP contribution in [0.5, 0.6) is 0 Å². The van der Waals surface area contributed by atoms with Gasteiger partial charge in [-0.25, -0.2) is 9.78 Å². The quantitative estimate of drug-likeness (QED) is 0.375. The lowest BCUT2D eigenvalue weighted by Crippen LogP contribution is -2.70. The van der Waals surface area contributed by atoms with Crippen LogP contribution in [0.4, 0.5) is 10.5 Å². The first-order valence-corrected chi connectivity index (χ1v) is 11.4. The highest BCUT2D eigenvalue weighted by atomic mass is 35.5. The van der Waals surface area contributed by atoms with Gasteiger partial charge in [-0.2, -0.15) is 0 Å². The van der Waals surface area contributed by atoms with Crippen molar-refractivity contribution in [2.24, 2.45) is 0 Å². The lowest BCUT2D eigenvalue weighted by Gasteiger charge is -2.58. The summed E-state index contributed by atoms with van der Waals surface area (Å²) in [5.74, 6) is -1.00. The Kier molecular flexibility index (Phi) is 6.82. The smallest absolute Gasteiger partial charge is 0.408 e. The number of anilines is 1. The molecule has 11 heteroatoms. The van der Waals surface area contributed by atoms with Crippen LogP contribution in [0.1, 0.15) is 70.7 Å². The summed E-state index contributed by atoms with van der Waals surface area (Å²) in [6.07, 6.45) is 2.06. The SMILES string of the molecule is CC(C)Nc1cc(Cl)ncc1C(=O)NNC(=O)C12CCC(N(C(=O)O)C(C)(C)C)(CC1)CO2. The van der Waals surface area contributed by atoms with Gasteiger partial charge in [-0.05, 0) is 66.4 Å². The highest BCUT2D eigenvalue weighted by molar-refractivity contribution is 6.29. The van der Waals surface area contributed by atoms with E-state index in [4.69, 9.17) is 16.3 Å². The van der Waals surface area contributed by atoms with Gasteiger partial charge < -0.3 is 15.2 Å². The fourth-order valence-corrected chi connectivity index (χ4v) is 4.96. The second kappa shape index (κ2) is 8.98. The zero-order valence-corrected chi connectivity index (χ0v) is 20.4. The number of carbonyl (C=O) groups excluding carboxylic acids is 2. The standard InChI is InChI=1S/C22H32ClN5O5/c1-13(2)25-15-10-16(23)24-11-14(15)17(29)26-27-18(30)22-8-6-21(7-9-22,12-33-22)28(19(31)32)20(3,4)5/h10-11,13H,6-9,12H2,1-5H3,(H,24,25)(H,26,29)(H,27,30)(H,31,32). The van der Waals surface area contributed by atoms with Crippen LogP contribution >= 0.6 is 11.6 Å². The summed E-state index contributed by atoms with van der Waals surface area (Å²) in [7, 11) is 0. The summed E-state index contributed by atoms with van der Waals surface area (Å²) in [4.78, 5) is 43.1. The number of hydrogen-bond donors (Lipinski definition) is 4. The molecule has 0 radical (unpaired) electrons. The number of carboxylic acid groups (broad SMARTS) is 1. The van der Waals surface area contributed by atoms with Crippen LogP contribution in [0, 0.1) is 0 Å². The second-order valence-corrected chi connectivity index (χ2v) is 10.4. The summed E-state index contributed by atoms with van der Waals surface area (Å²) >= 11 is 5.95. The molecule has 0 unspecified atom stereocenters. The Morgan fingerprint density at radius 3 is 2.30 bits per heavy atom. The van der Waals surface area contributed by atoms with Crippen LogP contribution in [0.25, 0.3) is 0 Å². The molecule has 4 rings (SSSR count). The monoisotopic (exact) mass is 481 g/mol. The molecule has 3 fully saturated rings. The molecule has 10 nitrogen and oxygen atoms in total. The number of rotatable bonds is 5. The molecule has 0 spiro atoms. The first-order chi connectivity index (χ1) is 15.3. The average Bonchev–Trinajstić information content (AvgIpc) is 2.71. The molecule has 2 aliphatic heterocycles. The Morgan fingerprint density at radius 1 is 1.18 bits per heavy atom. The van der Waals surface area contributed by atoms with Gasteiger partial charge in [0.25, 0.3) is 11.8 Å². The minimum absolute atomic E-state index is 0.0557. The van der Waals surface area contributed by atoms with Crippen molar-refractivity contribution in [1.29, 1.82) is 0 Å². The third-order valence-corrected chi connectivity index (χ3v) is 6.41. The average molecular weight is 482 g/mol. The molecule has 3 aliphatic rings. The molecule has 3 heterocycles. The topological polar surface area (TPSA) is 133 Å². The molecule has 0 atom stereocenters. The summed E-state index contributed by atoms with van der Waals surface area (Å²) in [5, 5.41) is 13.2. The van der Waals surface area contributed by atoms with Gasteiger partial charge in [0, 0.05) is 17.8 Å². The van der Waals surface area contributed by atoms with E-state index in [-0.39, 0.29) is 23.4 Å². The number of aromatic nitrogens is 1. The summed E-state index contributed by atoms with van der Waals surface area (Å²) < 4.78 is 5.98. The van der Waals surface area contributed by atoms with Crippen LogP contribution in [0.3, 0.4) is 0 Å². The van der Waals surface area contributed by atoms with Crippen molar-refractivity contribution >= 4 is 35.2 Å². The molecule has 4 N–H and O–H groups in total. The number of pyridine rings is 1. The fraction of sp³-hybridized carbons (Fsp3) is 0.636. The number of nitrogens with one attached hydrogen (secondary N) is 3. The van der Waals surface area contributed by atoms with E-state index in [0.29, 0.717) is 31.4 Å². The third kappa shape index (κ3) is 5.01. The number of hydrazine groups is 1. The lowest BCUT2D eigenvalue weighted by atomic mass is 9.69. The van der Waals surface area contributed by atoms with Crippen molar-refractivity contribution < 1.29 is 24.2 Å². The zero-order chi connectivity index (χ0) is 24.6. The van der Waals surface area contributed by atoms with E-state index in [2.05, 4.69) is 21.2 Å². The molecule has 2 bridgehead atoms. The van der Waals surface area contributed by atoms with Crippen LogP contribution in [-0.2, 0) is 9.53 Å². The molecule has 33 heavy (non-hydrogen) atoms. The highest BCUT2D eigenvalue weighted by Crippen LogP contribution is 2.48. The molecule has 182 valence electrons. The van der Waals surface area contributed by atoms with Crippen molar-refractivity contribution in [2.75, 3.05) is 11.9 Å². The predicted molar refractivity (Wildman–Crippen MR) is 123 cm³/mol. The fourth-order valence-electron chi connectivity index (χ4n) is 4.80. The minimum atomic E-state index is -1.10. The number of amides is 3. The Labute approximate surface area is 198 Å². The molecule has 1 saturated carbocycles. The Balaban J connectivity index is 1.67. The maximum absolute atomic E-state index is 13.0. The molecule has 0 aromatic carbocycles. The molecule has 1 aliphatic carbocycles. The maximum atomic E-state index is 13.0. The lowest BCUT2D eigenvalue weighted by molar-refractivity contribution is -0.202. The minimum Gasteiger partial charge on any atom is -0.465 e. The van der Waals surface area contributed by atoms with E-state index in [1.807, 2.05) is 34.6 Å².